The maximum atomic E-state index is 6.85. The number of hydrogen-bond acceptors (Lipinski definition) is 2. The Labute approximate surface area is 251 Å². The molecular formula is C31H56ClO2P2Rh-. The van der Waals surface area contributed by atoms with Gasteiger partial charge in [0.15, 0.2) is 5.79 Å². The molecule has 5 aliphatic rings. The van der Waals surface area contributed by atoms with E-state index in [2.05, 4.69) is 13.8 Å². The topological polar surface area (TPSA) is 18.5 Å². The molecule has 2 atom stereocenters. The Morgan fingerprint density at radius 3 is 0.973 bits per heavy atom. The van der Waals surface area contributed by atoms with Gasteiger partial charge >= 0.3 is 0 Å². The molecule has 0 spiro atoms. The van der Waals surface area contributed by atoms with E-state index in [9.17, 15) is 0 Å². The fraction of sp³-hybridized carbons (Fsp3) is 1.00. The molecule has 6 heteroatoms. The quantitative estimate of drug-likeness (QED) is 0.211. The summed E-state index contributed by atoms with van der Waals surface area (Å²) in [5.74, 6) is -0.379. The summed E-state index contributed by atoms with van der Waals surface area (Å²) in [6.07, 6.45) is 33.4. The van der Waals surface area contributed by atoms with Gasteiger partial charge in [0.05, 0.1) is 12.2 Å². The first-order chi connectivity index (χ1) is 17.1. The molecule has 219 valence electrons. The van der Waals surface area contributed by atoms with Crippen molar-refractivity contribution in [1.29, 1.82) is 0 Å². The van der Waals surface area contributed by atoms with Gasteiger partial charge in [0.25, 0.3) is 0 Å². The molecule has 5 rings (SSSR count). The van der Waals surface area contributed by atoms with Crippen molar-refractivity contribution in [2.45, 2.75) is 183 Å². The fourth-order valence-corrected chi connectivity index (χ4v) is 16.4. The minimum atomic E-state index is -0.379. The van der Waals surface area contributed by atoms with Crippen molar-refractivity contribution in [2.24, 2.45) is 0 Å². The third-order valence-electron chi connectivity index (χ3n) is 10.2. The van der Waals surface area contributed by atoms with Gasteiger partial charge in [-0.3, -0.25) is 0 Å². The van der Waals surface area contributed by atoms with Crippen molar-refractivity contribution in [3.8, 4) is 0 Å². The van der Waals surface area contributed by atoms with Crippen LogP contribution in [0.15, 0.2) is 0 Å². The maximum absolute atomic E-state index is 6.85. The van der Waals surface area contributed by atoms with E-state index in [0.717, 1.165) is 22.6 Å². The Kier molecular flexibility index (Phi) is 14.7. The third kappa shape index (κ3) is 9.34. The normalized spacial score (nSPS) is 30.8. The van der Waals surface area contributed by atoms with Crippen LogP contribution in [0.2, 0.25) is 0 Å². The molecule has 0 bridgehead atoms. The number of rotatable bonds is 8. The minimum absolute atomic E-state index is 0. The van der Waals surface area contributed by atoms with Crippen LogP contribution in [0.25, 0.3) is 0 Å². The number of hydrogen-bond donors (Lipinski definition) is 0. The zero-order chi connectivity index (χ0) is 24.1. The van der Waals surface area contributed by atoms with Gasteiger partial charge in [0, 0.05) is 19.5 Å². The predicted molar refractivity (Wildman–Crippen MR) is 155 cm³/mol. The molecule has 1 radical (unpaired) electrons. The molecule has 4 saturated carbocycles. The van der Waals surface area contributed by atoms with Crippen molar-refractivity contribution < 1.29 is 41.4 Å². The van der Waals surface area contributed by atoms with Gasteiger partial charge in [-0.1, -0.05) is 92.9 Å². The molecule has 1 heterocycles. The van der Waals surface area contributed by atoms with Gasteiger partial charge in [-0.2, -0.15) is 0 Å². The zero-order valence-electron chi connectivity index (χ0n) is 23.9. The molecule has 1 saturated heterocycles. The van der Waals surface area contributed by atoms with E-state index in [0.29, 0.717) is 12.2 Å². The summed E-state index contributed by atoms with van der Waals surface area (Å²) in [6, 6.07) is 0. The standard InChI is InChI=1S/C31H56O2P2.ClH.Rh/c1-31(2)32-29(23-34(25-15-7-3-8-16-25)26-17-9-4-10-18-26)30(33-31)24-35(27-19-11-5-12-20-27)28-21-13-6-14-22-28;;/h25-30H,3-24H2,1-2H3;1H;/p-1/t29-,30-;;/m0../s1. The molecule has 4 aliphatic carbocycles. The SMILES string of the molecule is CC1(C)O[C@@H](CP(C2CCCCC2)C2CCCCC2)[C@H](CP(C2CCCCC2)C2CCCCC2)O1.[Cl-].[Rh]. The van der Waals surface area contributed by atoms with Gasteiger partial charge < -0.3 is 21.9 Å². The average molecular weight is 661 g/mol. The van der Waals surface area contributed by atoms with Crippen molar-refractivity contribution in [3.63, 3.8) is 0 Å². The Bertz CT molecular complexity index is 541. The molecule has 37 heavy (non-hydrogen) atoms. The van der Waals surface area contributed by atoms with Crippen LogP contribution in [-0.2, 0) is 29.0 Å². The van der Waals surface area contributed by atoms with E-state index in [1.807, 2.05) is 0 Å². The second-order valence-electron chi connectivity index (χ2n) is 13.3. The number of ether oxygens (including phenoxy) is 2. The van der Waals surface area contributed by atoms with E-state index < -0.39 is 0 Å². The summed E-state index contributed by atoms with van der Waals surface area (Å²) in [6.45, 7) is 4.43. The molecule has 5 fully saturated rings. The van der Waals surface area contributed by atoms with Gasteiger partial charge in [0.2, 0.25) is 0 Å². The van der Waals surface area contributed by atoms with Crippen LogP contribution in [-0.4, -0.2) is 53.0 Å². The van der Waals surface area contributed by atoms with Crippen LogP contribution in [0.5, 0.6) is 0 Å². The minimum Gasteiger partial charge on any atom is -1.00 e. The van der Waals surface area contributed by atoms with Crippen LogP contribution in [0.3, 0.4) is 0 Å². The van der Waals surface area contributed by atoms with Crippen LogP contribution < -0.4 is 12.4 Å². The summed E-state index contributed by atoms with van der Waals surface area (Å²) >= 11 is 0. The molecule has 0 aromatic carbocycles. The number of halogens is 1. The smallest absolute Gasteiger partial charge is 0.163 e. The van der Waals surface area contributed by atoms with Gasteiger partial charge in [-0.25, -0.2) is 0 Å². The van der Waals surface area contributed by atoms with Crippen LogP contribution >= 0.6 is 15.8 Å². The third-order valence-corrected chi connectivity index (χ3v) is 17.6. The first-order valence-corrected chi connectivity index (χ1v) is 19.3. The van der Waals surface area contributed by atoms with Crippen molar-refractivity contribution in [2.75, 3.05) is 12.3 Å². The molecule has 0 N–H and O–H groups in total. The fourth-order valence-electron chi connectivity index (χ4n) is 8.48. The van der Waals surface area contributed by atoms with E-state index in [4.69, 9.17) is 9.47 Å². The van der Waals surface area contributed by atoms with Crippen molar-refractivity contribution in [3.05, 3.63) is 0 Å². The van der Waals surface area contributed by atoms with Gasteiger partial charge in [-0.15, -0.1) is 0 Å². The monoisotopic (exact) mass is 660 g/mol. The molecule has 0 aromatic heterocycles. The molecule has 0 amide bonds. The van der Waals surface area contributed by atoms with Crippen molar-refractivity contribution in [1.82, 2.24) is 0 Å². The first kappa shape index (κ1) is 33.2. The molecule has 0 aromatic rings. The van der Waals surface area contributed by atoms with E-state index in [1.165, 1.54) is 141 Å². The average Bonchev–Trinajstić information content (AvgIpc) is 3.20. The van der Waals surface area contributed by atoms with Crippen LogP contribution in [0.4, 0.5) is 0 Å². The van der Waals surface area contributed by atoms with E-state index in [-0.39, 0.29) is 53.5 Å². The predicted octanol–water partition coefficient (Wildman–Crippen LogP) is 6.80. The second-order valence-corrected chi connectivity index (χ2v) is 19.0. The summed E-state index contributed by atoms with van der Waals surface area (Å²) in [5, 5.41) is 0. The largest absolute Gasteiger partial charge is 1.00 e. The first-order valence-electron chi connectivity index (χ1n) is 16.0. The second kappa shape index (κ2) is 16.4. The zero-order valence-corrected chi connectivity index (χ0v) is 28.1. The van der Waals surface area contributed by atoms with Crippen LogP contribution in [0.1, 0.15) is 142 Å². The van der Waals surface area contributed by atoms with Gasteiger partial charge in [-0.05, 0) is 100 Å². The molecular weight excluding hydrogens is 605 g/mol. The summed E-state index contributed by atoms with van der Waals surface area (Å²) in [7, 11) is 0.144. The summed E-state index contributed by atoms with van der Waals surface area (Å²) in [4.78, 5) is 0. The Balaban J connectivity index is 0.00000190. The summed E-state index contributed by atoms with van der Waals surface area (Å²) < 4.78 is 13.7. The summed E-state index contributed by atoms with van der Waals surface area (Å²) in [5.41, 5.74) is 4.09. The van der Waals surface area contributed by atoms with E-state index >= 15 is 0 Å². The Morgan fingerprint density at radius 2 is 0.730 bits per heavy atom. The molecule has 1 aliphatic heterocycles. The maximum Gasteiger partial charge on any atom is 0.163 e. The van der Waals surface area contributed by atoms with E-state index in [1.54, 1.807) is 0 Å². The van der Waals surface area contributed by atoms with Crippen molar-refractivity contribution >= 4 is 15.8 Å². The molecule has 0 unspecified atom stereocenters. The van der Waals surface area contributed by atoms with Crippen LogP contribution in [0, 0.1) is 0 Å². The molecule has 2 nitrogen and oxygen atoms in total. The Hall–Kier alpha value is 1.69. The Morgan fingerprint density at radius 1 is 0.486 bits per heavy atom. The van der Waals surface area contributed by atoms with Gasteiger partial charge in [0.1, 0.15) is 0 Å².